The van der Waals surface area contributed by atoms with E-state index in [-0.39, 0.29) is 11.9 Å². The van der Waals surface area contributed by atoms with E-state index in [9.17, 15) is 4.79 Å². The van der Waals surface area contributed by atoms with Crippen LogP contribution in [0.4, 0.5) is 0 Å². The molecule has 0 bridgehead atoms. The summed E-state index contributed by atoms with van der Waals surface area (Å²) in [6.07, 6.45) is 0. The number of hydrogen-bond donors (Lipinski definition) is 1. The quantitative estimate of drug-likeness (QED) is 0.701. The predicted molar refractivity (Wildman–Crippen MR) is 96.0 cm³/mol. The maximum atomic E-state index is 12.3. The Morgan fingerprint density at radius 2 is 1.90 bits per heavy atom. The fraction of sp³-hybridized carbons (Fsp3) is 0.235. The Bertz CT molecular complexity index is 684. The van der Waals surface area contributed by atoms with Crippen molar-refractivity contribution in [1.29, 1.82) is 0 Å². The van der Waals surface area contributed by atoms with Crippen molar-refractivity contribution in [2.75, 3.05) is 0 Å². The van der Waals surface area contributed by atoms with Crippen LogP contribution in [0.3, 0.4) is 0 Å². The molecule has 0 saturated heterocycles. The van der Waals surface area contributed by atoms with Crippen LogP contribution in [0.15, 0.2) is 36.4 Å². The molecule has 1 N–H and O–H groups in total. The van der Waals surface area contributed by atoms with Gasteiger partial charge in [0, 0.05) is 9.13 Å². The second kappa shape index (κ2) is 6.79. The summed E-state index contributed by atoms with van der Waals surface area (Å²) in [7, 11) is 0. The molecule has 4 heteroatoms. The Balaban J connectivity index is 2.16. The van der Waals surface area contributed by atoms with E-state index in [1.807, 2.05) is 13.0 Å². The molecule has 2 rings (SSSR count). The number of benzene rings is 2. The SMILES string of the molecule is Cc1ccc(C(C)NC(=O)c2ccc(I)c(Cl)c2)c(C)c1. The number of aryl methyl sites for hydroxylation is 2. The lowest BCUT2D eigenvalue weighted by Gasteiger charge is -2.17. The van der Waals surface area contributed by atoms with E-state index in [4.69, 9.17) is 11.6 Å². The molecule has 0 heterocycles. The van der Waals surface area contributed by atoms with E-state index >= 15 is 0 Å². The molecule has 1 amide bonds. The second-order valence-electron chi connectivity index (χ2n) is 5.18. The standard InChI is InChI=1S/C17H17ClINO/c1-10-4-6-14(11(2)8-10)12(3)20-17(21)13-5-7-16(19)15(18)9-13/h4-9,12H,1-3H3,(H,20,21). The van der Waals surface area contributed by atoms with Gasteiger partial charge in [-0.2, -0.15) is 0 Å². The lowest BCUT2D eigenvalue weighted by atomic mass is 10.00. The monoisotopic (exact) mass is 413 g/mol. The molecule has 0 aromatic heterocycles. The normalized spacial score (nSPS) is 12.0. The molecule has 0 aliphatic carbocycles. The highest BCUT2D eigenvalue weighted by Crippen LogP contribution is 2.22. The molecule has 2 aromatic rings. The molecular formula is C17H17ClINO. The first kappa shape index (κ1) is 16.3. The molecule has 0 spiro atoms. The van der Waals surface area contributed by atoms with Gasteiger partial charge in [0.15, 0.2) is 0 Å². The maximum absolute atomic E-state index is 12.3. The summed E-state index contributed by atoms with van der Waals surface area (Å²) in [5, 5.41) is 3.62. The zero-order chi connectivity index (χ0) is 15.6. The third-order valence-electron chi connectivity index (χ3n) is 3.42. The smallest absolute Gasteiger partial charge is 0.251 e. The topological polar surface area (TPSA) is 29.1 Å². The van der Waals surface area contributed by atoms with Gasteiger partial charge in [0.2, 0.25) is 0 Å². The Hall–Kier alpha value is -1.07. The first-order chi connectivity index (χ1) is 9.88. The van der Waals surface area contributed by atoms with Crippen LogP contribution >= 0.6 is 34.2 Å². The number of nitrogens with one attached hydrogen (secondary N) is 1. The van der Waals surface area contributed by atoms with Crippen molar-refractivity contribution >= 4 is 40.1 Å². The Kier molecular flexibility index (Phi) is 5.27. The maximum Gasteiger partial charge on any atom is 0.251 e. The van der Waals surface area contributed by atoms with Crippen molar-refractivity contribution in [1.82, 2.24) is 5.32 Å². The molecule has 0 aliphatic heterocycles. The van der Waals surface area contributed by atoms with Crippen LogP contribution in [-0.4, -0.2) is 5.91 Å². The van der Waals surface area contributed by atoms with Gasteiger partial charge in [0.25, 0.3) is 5.91 Å². The van der Waals surface area contributed by atoms with Gasteiger partial charge in [0.1, 0.15) is 0 Å². The number of halogens is 2. The lowest BCUT2D eigenvalue weighted by Crippen LogP contribution is -2.27. The fourth-order valence-electron chi connectivity index (χ4n) is 2.31. The summed E-state index contributed by atoms with van der Waals surface area (Å²) in [5.41, 5.74) is 4.12. The Morgan fingerprint density at radius 1 is 1.19 bits per heavy atom. The Labute approximate surface area is 144 Å². The summed E-state index contributed by atoms with van der Waals surface area (Å²) in [5.74, 6) is -0.110. The van der Waals surface area contributed by atoms with Crippen LogP contribution < -0.4 is 5.32 Å². The van der Waals surface area contributed by atoms with Crippen molar-refractivity contribution in [3.05, 3.63) is 67.2 Å². The van der Waals surface area contributed by atoms with Gasteiger partial charge < -0.3 is 5.32 Å². The molecule has 21 heavy (non-hydrogen) atoms. The van der Waals surface area contributed by atoms with Gasteiger partial charge >= 0.3 is 0 Å². The second-order valence-corrected chi connectivity index (χ2v) is 6.75. The summed E-state index contributed by atoms with van der Waals surface area (Å²) >= 11 is 8.21. The molecular weight excluding hydrogens is 397 g/mol. The third-order valence-corrected chi connectivity index (χ3v) is 4.99. The molecule has 0 fully saturated rings. The van der Waals surface area contributed by atoms with E-state index < -0.39 is 0 Å². The van der Waals surface area contributed by atoms with E-state index in [0.717, 1.165) is 9.13 Å². The number of carbonyl (C=O) groups is 1. The van der Waals surface area contributed by atoms with Gasteiger partial charge in [0.05, 0.1) is 11.1 Å². The summed E-state index contributed by atoms with van der Waals surface area (Å²) < 4.78 is 0.938. The first-order valence-corrected chi connectivity index (χ1v) is 8.17. The van der Waals surface area contributed by atoms with E-state index in [0.29, 0.717) is 10.6 Å². The largest absolute Gasteiger partial charge is 0.346 e. The van der Waals surface area contributed by atoms with Crippen molar-refractivity contribution in [3.63, 3.8) is 0 Å². The zero-order valence-electron chi connectivity index (χ0n) is 12.2. The van der Waals surface area contributed by atoms with E-state index in [1.165, 1.54) is 11.1 Å². The van der Waals surface area contributed by atoms with Crippen molar-refractivity contribution < 1.29 is 4.79 Å². The van der Waals surface area contributed by atoms with Crippen molar-refractivity contribution in [2.45, 2.75) is 26.8 Å². The number of carbonyl (C=O) groups excluding carboxylic acids is 1. The minimum absolute atomic E-state index is 0.0452. The average molecular weight is 414 g/mol. The first-order valence-electron chi connectivity index (χ1n) is 6.71. The van der Waals surface area contributed by atoms with Gasteiger partial charge in [-0.1, -0.05) is 35.4 Å². The third kappa shape index (κ3) is 3.98. The molecule has 2 aromatic carbocycles. The molecule has 1 atom stereocenters. The van der Waals surface area contributed by atoms with Crippen LogP contribution in [0.2, 0.25) is 5.02 Å². The molecule has 0 radical (unpaired) electrons. The highest BCUT2D eigenvalue weighted by molar-refractivity contribution is 14.1. The van der Waals surface area contributed by atoms with Crippen LogP contribution in [0.25, 0.3) is 0 Å². The van der Waals surface area contributed by atoms with Gasteiger partial charge in [-0.05, 0) is 72.7 Å². The molecule has 110 valence electrons. The van der Waals surface area contributed by atoms with Crippen LogP contribution in [0, 0.1) is 17.4 Å². The van der Waals surface area contributed by atoms with E-state index in [1.54, 1.807) is 12.1 Å². The lowest BCUT2D eigenvalue weighted by molar-refractivity contribution is 0.0940. The summed E-state index contributed by atoms with van der Waals surface area (Å²) in [6, 6.07) is 11.5. The zero-order valence-corrected chi connectivity index (χ0v) is 15.1. The van der Waals surface area contributed by atoms with Crippen LogP contribution in [0.5, 0.6) is 0 Å². The van der Waals surface area contributed by atoms with Gasteiger partial charge in [-0.3, -0.25) is 4.79 Å². The Morgan fingerprint density at radius 3 is 2.52 bits per heavy atom. The van der Waals surface area contributed by atoms with Crippen LogP contribution in [0.1, 0.15) is 40.0 Å². The summed E-state index contributed by atoms with van der Waals surface area (Å²) in [6.45, 7) is 6.12. The van der Waals surface area contributed by atoms with Gasteiger partial charge in [-0.15, -0.1) is 0 Å². The molecule has 0 aliphatic rings. The average Bonchev–Trinajstić information content (AvgIpc) is 2.41. The van der Waals surface area contributed by atoms with Gasteiger partial charge in [-0.25, -0.2) is 0 Å². The summed E-state index contributed by atoms with van der Waals surface area (Å²) in [4.78, 5) is 12.3. The fourth-order valence-corrected chi connectivity index (χ4v) is 2.82. The molecule has 1 unspecified atom stereocenters. The van der Waals surface area contributed by atoms with E-state index in [2.05, 4.69) is 60.0 Å². The minimum atomic E-state index is -0.110. The van der Waals surface area contributed by atoms with Crippen molar-refractivity contribution in [3.8, 4) is 0 Å². The highest BCUT2D eigenvalue weighted by atomic mass is 127. The van der Waals surface area contributed by atoms with Crippen LogP contribution in [-0.2, 0) is 0 Å². The predicted octanol–water partition coefficient (Wildman–Crippen LogP) is 5.05. The van der Waals surface area contributed by atoms with Crippen molar-refractivity contribution in [2.24, 2.45) is 0 Å². The number of amides is 1. The highest BCUT2D eigenvalue weighted by Gasteiger charge is 2.14. The number of hydrogen-bond acceptors (Lipinski definition) is 1. The number of rotatable bonds is 3. The molecule has 2 nitrogen and oxygen atoms in total. The molecule has 0 saturated carbocycles. The minimum Gasteiger partial charge on any atom is -0.346 e.